The Balaban J connectivity index is 1.58. The second-order valence-corrected chi connectivity index (χ2v) is 10.2. The van der Waals surface area contributed by atoms with Crippen LogP contribution < -0.4 is 14.8 Å². The number of aliphatic imine (C=N–C) groups is 1. The minimum Gasteiger partial charge on any atom is -0.490 e. The van der Waals surface area contributed by atoms with Crippen LogP contribution in [0.15, 0.2) is 69.0 Å². The van der Waals surface area contributed by atoms with Gasteiger partial charge in [0.2, 0.25) is 0 Å². The fraction of sp³-hybridized carbons (Fsp3) is 0.154. The van der Waals surface area contributed by atoms with Gasteiger partial charge in [0.05, 0.1) is 17.2 Å². The molecule has 1 N–H and O–H groups in total. The molecule has 1 aliphatic heterocycles. The molecule has 0 saturated carbocycles. The van der Waals surface area contributed by atoms with E-state index < -0.39 is 0 Å². The van der Waals surface area contributed by atoms with Crippen molar-refractivity contribution >= 4 is 73.7 Å². The van der Waals surface area contributed by atoms with Gasteiger partial charge >= 0.3 is 0 Å². The van der Waals surface area contributed by atoms with E-state index in [4.69, 9.17) is 32.7 Å². The molecule has 1 aliphatic rings. The monoisotopic (exact) mass is 590 g/mol. The highest BCUT2D eigenvalue weighted by Crippen LogP contribution is 2.38. The minimum absolute atomic E-state index is 0.225. The van der Waals surface area contributed by atoms with Gasteiger partial charge in [0.1, 0.15) is 6.61 Å². The Bertz CT molecular complexity index is 1340. The molecule has 1 heterocycles. The maximum Gasteiger partial charge on any atom is 0.264 e. The molecule has 0 atom stereocenters. The van der Waals surface area contributed by atoms with Crippen molar-refractivity contribution in [2.75, 3.05) is 6.61 Å². The summed E-state index contributed by atoms with van der Waals surface area (Å²) in [6, 6.07) is 16.7. The van der Waals surface area contributed by atoms with E-state index in [1.165, 1.54) is 11.8 Å². The number of carbonyl (C=O) groups excluding carboxylic acids is 1. The van der Waals surface area contributed by atoms with Crippen LogP contribution in [0, 0.1) is 6.92 Å². The lowest BCUT2D eigenvalue weighted by Gasteiger charge is -2.14. The van der Waals surface area contributed by atoms with Crippen molar-refractivity contribution in [3.8, 4) is 11.5 Å². The van der Waals surface area contributed by atoms with Gasteiger partial charge in [-0.25, -0.2) is 4.99 Å². The Morgan fingerprint density at radius 1 is 1.06 bits per heavy atom. The summed E-state index contributed by atoms with van der Waals surface area (Å²) >= 11 is 17.3. The normalized spacial score (nSPS) is 15.5. The summed E-state index contributed by atoms with van der Waals surface area (Å²) in [4.78, 5) is 17.7. The van der Waals surface area contributed by atoms with Crippen molar-refractivity contribution in [1.82, 2.24) is 5.32 Å². The molecular weight excluding hydrogens is 571 g/mol. The molecule has 0 unspecified atom stereocenters. The van der Waals surface area contributed by atoms with Crippen LogP contribution in [0.2, 0.25) is 10.0 Å². The van der Waals surface area contributed by atoms with E-state index >= 15 is 0 Å². The van der Waals surface area contributed by atoms with Crippen LogP contribution in [0.25, 0.3) is 6.08 Å². The van der Waals surface area contributed by atoms with Gasteiger partial charge in [-0.05, 0) is 73.1 Å². The van der Waals surface area contributed by atoms with Gasteiger partial charge in [-0.3, -0.25) is 4.79 Å². The van der Waals surface area contributed by atoms with Gasteiger partial charge in [-0.1, -0.05) is 63.4 Å². The van der Waals surface area contributed by atoms with Crippen LogP contribution >= 0.6 is 50.9 Å². The van der Waals surface area contributed by atoms with Gasteiger partial charge < -0.3 is 14.8 Å². The van der Waals surface area contributed by atoms with Gasteiger partial charge in [0.25, 0.3) is 5.91 Å². The number of carbonyl (C=O) groups is 1. The van der Waals surface area contributed by atoms with E-state index in [1.54, 1.807) is 6.08 Å². The molecule has 3 aromatic carbocycles. The standard InChI is InChI=1S/C26H21BrCl2N2O3S/c1-3-33-22-11-17(18(27)13-23(22)34-14-16-7-4-5-8-20(16)29)12-24-25(32)31-26(35-24)30-21-10-6-9-19(28)15(21)2/h4-13H,3,14H2,1-2H3,(H,30,31,32)/b24-12+. The van der Waals surface area contributed by atoms with Crippen molar-refractivity contribution in [1.29, 1.82) is 0 Å². The first kappa shape index (κ1) is 25.6. The Hall–Kier alpha value is -2.45. The third-order valence-corrected chi connectivity index (χ3v) is 7.48. The summed E-state index contributed by atoms with van der Waals surface area (Å²) < 4.78 is 12.6. The van der Waals surface area contributed by atoms with Gasteiger partial charge in [0, 0.05) is 20.1 Å². The average molecular weight is 592 g/mol. The molecule has 0 aromatic heterocycles. The first-order chi connectivity index (χ1) is 16.9. The third-order valence-electron chi connectivity index (χ3n) is 5.10. The van der Waals surface area contributed by atoms with Crippen LogP contribution in [-0.4, -0.2) is 17.7 Å². The van der Waals surface area contributed by atoms with Crippen molar-refractivity contribution in [3.05, 3.63) is 90.7 Å². The number of amidine groups is 1. The average Bonchev–Trinajstić information content (AvgIpc) is 3.17. The first-order valence-electron chi connectivity index (χ1n) is 10.7. The molecule has 1 saturated heterocycles. The zero-order valence-corrected chi connectivity index (χ0v) is 22.8. The van der Waals surface area contributed by atoms with Crippen molar-refractivity contribution in [2.45, 2.75) is 20.5 Å². The molecule has 0 bridgehead atoms. The molecule has 35 heavy (non-hydrogen) atoms. The van der Waals surface area contributed by atoms with Crippen molar-refractivity contribution in [2.24, 2.45) is 4.99 Å². The zero-order valence-electron chi connectivity index (χ0n) is 18.9. The van der Waals surface area contributed by atoms with Gasteiger partial charge in [-0.15, -0.1) is 0 Å². The highest BCUT2D eigenvalue weighted by atomic mass is 79.9. The number of nitrogens with zero attached hydrogens (tertiary/aromatic N) is 1. The number of hydrogen-bond acceptors (Lipinski definition) is 5. The largest absolute Gasteiger partial charge is 0.490 e. The molecule has 0 radical (unpaired) electrons. The smallest absolute Gasteiger partial charge is 0.264 e. The molecule has 0 spiro atoms. The van der Waals surface area contributed by atoms with E-state index in [2.05, 4.69) is 26.2 Å². The lowest BCUT2D eigenvalue weighted by atomic mass is 10.1. The van der Waals surface area contributed by atoms with Crippen molar-refractivity contribution in [3.63, 3.8) is 0 Å². The van der Waals surface area contributed by atoms with E-state index in [0.29, 0.717) is 50.5 Å². The van der Waals surface area contributed by atoms with Crippen LogP contribution in [-0.2, 0) is 11.4 Å². The quantitative estimate of drug-likeness (QED) is 0.283. The Labute approximate surface area is 226 Å². The SMILES string of the molecule is CCOc1cc(/C=C2/SC(=Nc3cccc(Cl)c3C)NC2=O)c(Br)cc1OCc1ccccc1Cl. The molecule has 1 fully saturated rings. The number of thioether (sulfide) groups is 1. The van der Waals surface area contributed by atoms with E-state index in [0.717, 1.165) is 21.2 Å². The summed E-state index contributed by atoms with van der Waals surface area (Å²) in [5, 5.41) is 4.57. The lowest BCUT2D eigenvalue weighted by molar-refractivity contribution is -0.115. The summed E-state index contributed by atoms with van der Waals surface area (Å²) in [7, 11) is 0. The number of hydrogen-bond donors (Lipinski definition) is 1. The van der Waals surface area contributed by atoms with Crippen LogP contribution in [0.4, 0.5) is 5.69 Å². The van der Waals surface area contributed by atoms with Crippen molar-refractivity contribution < 1.29 is 14.3 Å². The van der Waals surface area contributed by atoms with E-state index in [1.807, 2.05) is 68.4 Å². The second-order valence-electron chi connectivity index (χ2n) is 7.50. The number of benzene rings is 3. The Morgan fingerprint density at radius 3 is 2.57 bits per heavy atom. The number of ether oxygens (including phenoxy) is 2. The predicted molar refractivity (Wildman–Crippen MR) is 148 cm³/mol. The summed E-state index contributed by atoms with van der Waals surface area (Å²) in [6.07, 6.45) is 1.79. The molecular formula is C26H21BrCl2N2O3S. The van der Waals surface area contributed by atoms with Gasteiger partial charge in [0.15, 0.2) is 16.7 Å². The lowest BCUT2D eigenvalue weighted by Crippen LogP contribution is -2.19. The summed E-state index contributed by atoms with van der Waals surface area (Å²) in [5.41, 5.74) is 3.21. The summed E-state index contributed by atoms with van der Waals surface area (Å²) in [6.45, 7) is 4.55. The van der Waals surface area contributed by atoms with Crippen LogP contribution in [0.1, 0.15) is 23.6 Å². The predicted octanol–water partition coefficient (Wildman–Crippen LogP) is 7.93. The Morgan fingerprint density at radius 2 is 1.80 bits per heavy atom. The maximum atomic E-state index is 12.6. The molecule has 4 rings (SSSR count). The van der Waals surface area contributed by atoms with E-state index in [-0.39, 0.29) is 5.91 Å². The zero-order chi connectivity index (χ0) is 24.9. The van der Waals surface area contributed by atoms with Crippen LogP contribution in [0.3, 0.4) is 0 Å². The fourth-order valence-electron chi connectivity index (χ4n) is 3.26. The molecule has 9 heteroatoms. The number of amides is 1. The minimum atomic E-state index is -0.225. The molecule has 1 amide bonds. The summed E-state index contributed by atoms with van der Waals surface area (Å²) in [5.74, 6) is 0.918. The number of nitrogens with one attached hydrogen (secondary N) is 1. The molecule has 5 nitrogen and oxygen atoms in total. The Kier molecular flexibility index (Phi) is 8.44. The van der Waals surface area contributed by atoms with E-state index in [9.17, 15) is 4.79 Å². The number of rotatable bonds is 7. The third kappa shape index (κ3) is 6.22. The number of halogens is 3. The first-order valence-corrected chi connectivity index (χ1v) is 13.1. The maximum absolute atomic E-state index is 12.6. The highest BCUT2D eigenvalue weighted by molar-refractivity contribution is 9.10. The van der Waals surface area contributed by atoms with Crippen LogP contribution in [0.5, 0.6) is 11.5 Å². The highest BCUT2D eigenvalue weighted by Gasteiger charge is 2.25. The second kappa shape index (κ2) is 11.5. The topological polar surface area (TPSA) is 59.9 Å². The molecule has 3 aromatic rings. The fourth-order valence-corrected chi connectivity index (χ4v) is 4.88. The molecule has 180 valence electrons. The molecule has 0 aliphatic carbocycles. The van der Waals surface area contributed by atoms with Gasteiger partial charge in [-0.2, -0.15) is 0 Å².